The van der Waals surface area contributed by atoms with E-state index in [-0.39, 0.29) is 11.2 Å². The summed E-state index contributed by atoms with van der Waals surface area (Å²) in [4.78, 5) is 14.0. The number of amidine groups is 1. The van der Waals surface area contributed by atoms with Crippen molar-refractivity contribution in [3.8, 4) is 5.75 Å². The van der Waals surface area contributed by atoms with Crippen molar-refractivity contribution >= 4 is 29.1 Å². The van der Waals surface area contributed by atoms with Crippen LogP contribution in [0.5, 0.6) is 5.75 Å². The number of furan rings is 1. The first-order chi connectivity index (χ1) is 11.7. The lowest BCUT2D eigenvalue weighted by Gasteiger charge is -2.15. The lowest BCUT2D eigenvalue weighted by Crippen LogP contribution is -2.30. The fraction of sp³-hybridized carbons (Fsp3) is 0.235. The molecule has 1 amide bonds. The van der Waals surface area contributed by atoms with Crippen LogP contribution in [-0.2, 0) is 11.3 Å². The maximum atomic E-state index is 12.4. The number of thioether (sulfide) groups is 1. The van der Waals surface area contributed by atoms with Crippen LogP contribution in [0.25, 0.3) is 0 Å². The molecule has 0 saturated carbocycles. The van der Waals surface area contributed by atoms with Gasteiger partial charge in [0.15, 0.2) is 5.17 Å². The Kier molecular flexibility index (Phi) is 5.00. The fourth-order valence-electron chi connectivity index (χ4n) is 2.22. The van der Waals surface area contributed by atoms with Crippen LogP contribution in [0.3, 0.4) is 0 Å². The zero-order valence-electron chi connectivity index (χ0n) is 13.4. The number of ether oxygens (including phenoxy) is 1. The highest BCUT2D eigenvalue weighted by molar-refractivity contribution is 8.15. The summed E-state index contributed by atoms with van der Waals surface area (Å²) >= 11 is 1.40. The van der Waals surface area contributed by atoms with E-state index in [1.54, 1.807) is 30.4 Å². The Bertz CT molecular complexity index is 754. The highest BCUT2D eigenvalue weighted by Crippen LogP contribution is 2.28. The molecule has 7 heteroatoms. The number of rotatable bonds is 5. The molecule has 0 aliphatic carbocycles. The van der Waals surface area contributed by atoms with Gasteiger partial charge in [0, 0.05) is 0 Å². The summed E-state index contributed by atoms with van der Waals surface area (Å²) in [6.07, 6.45) is 3.09. The molecule has 2 aromatic rings. The molecule has 1 aliphatic rings. The lowest BCUT2D eigenvalue weighted by molar-refractivity contribution is -0.126. The molecule has 124 valence electrons. The molecular formula is C17H17N3O3S. The minimum absolute atomic E-state index is 0.0303. The molecule has 1 fully saturated rings. The summed E-state index contributed by atoms with van der Waals surface area (Å²) in [5.41, 5.74) is 1.00. The van der Waals surface area contributed by atoms with Gasteiger partial charge in [0.2, 0.25) is 5.91 Å². The molecule has 1 aliphatic heterocycles. The molecule has 24 heavy (non-hydrogen) atoms. The molecule has 3 rings (SSSR count). The third-order valence-corrected chi connectivity index (χ3v) is 4.57. The SMILES string of the molecule is COc1ccc(CN2C(=O)C(C)S/C2=N\N=C\c2ccco2)cc1. The van der Waals surface area contributed by atoms with Crippen LogP contribution in [0.1, 0.15) is 18.2 Å². The highest BCUT2D eigenvalue weighted by Gasteiger charge is 2.35. The molecule has 1 aromatic heterocycles. The summed E-state index contributed by atoms with van der Waals surface area (Å²) in [7, 11) is 1.62. The Hall–Kier alpha value is -2.54. The molecule has 1 aromatic carbocycles. The minimum Gasteiger partial charge on any atom is -0.497 e. The number of amides is 1. The van der Waals surface area contributed by atoms with Crippen LogP contribution in [0, 0.1) is 0 Å². The molecule has 0 spiro atoms. The third-order valence-electron chi connectivity index (χ3n) is 3.50. The maximum Gasteiger partial charge on any atom is 0.242 e. The Morgan fingerprint density at radius 1 is 1.33 bits per heavy atom. The van der Waals surface area contributed by atoms with Crippen molar-refractivity contribution in [1.29, 1.82) is 0 Å². The molecule has 0 radical (unpaired) electrons. The average molecular weight is 343 g/mol. The lowest BCUT2D eigenvalue weighted by atomic mass is 10.2. The van der Waals surface area contributed by atoms with Gasteiger partial charge in [0.1, 0.15) is 11.5 Å². The van der Waals surface area contributed by atoms with Crippen molar-refractivity contribution < 1.29 is 13.9 Å². The Morgan fingerprint density at radius 3 is 2.79 bits per heavy atom. The van der Waals surface area contributed by atoms with Gasteiger partial charge in [0.25, 0.3) is 0 Å². The van der Waals surface area contributed by atoms with E-state index in [0.29, 0.717) is 17.5 Å². The highest BCUT2D eigenvalue weighted by atomic mass is 32.2. The van der Waals surface area contributed by atoms with Gasteiger partial charge in [-0.2, -0.15) is 5.10 Å². The summed E-state index contributed by atoms with van der Waals surface area (Å²) < 4.78 is 10.3. The largest absolute Gasteiger partial charge is 0.497 e. The van der Waals surface area contributed by atoms with Gasteiger partial charge in [-0.25, -0.2) is 0 Å². The minimum atomic E-state index is -0.166. The van der Waals surface area contributed by atoms with Crippen LogP contribution < -0.4 is 4.74 Å². The van der Waals surface area contributed by atoms with Gasteiger partial charge < -0.3 is 9.15 Å². The van der Waals surface area contributed by atoms with E-state index in [1.165, 1.54) is 18.0 Å². The number of carbonyl (C=O) groups excluding carboxylic acids is 1. The van der Waals surface area contributed by atoms with Crippen molar-refractivity contribution in [2.45, 2.75) is 18.7 Å². The van der Waals surface area contributed by atoms with E-state index >= 15 is 0 Å². The van der Waals surface area contributed by atoms with Crippen LogP contribution in [0.4, 0.5) is 0 Å². The predicted molar refractivity (Wildman–Crippen MR) is 94.3 cm³/mol. The maximum absolute atomic E-state index is 12.4. The number of carbonyl (C=O) groups is 1. The van der Waals surface area contributed by atoms with E-state index in [1.807, 2.05) is 31.2 Å². The molecule has 6 nitrogen and oxygen atoms in total. The molecular weight excluding hydrogens is 326 g/mol. The zero-order chi connectivity index (χ0) is 16.9. The van der Waals surface area contributed by atoms with E-state index in [9.17, 15) is 4.79 Å². The summed E-state index contributed by atoms with van der Waals surface area (Å²) in [6, 6.07) is 11.2. The van der Waals surface area contributed by atoms with Gasteiger partial charge in [-0.3, -0.25) is 9.69 Å². The van der Waals surface area contributed by atoms with E-state index in [2.05, 4.69) is 10.2 Å². The van der Waals surface area contributed by atoms with E-state index in [4.69, 9.17) is 9.15 Å². The normalized spacial score (nSPS) is 19.6. The van der Waals surface area contributed by atoms with Crippen molar-refractivity contribution in [3.05, 3.63) is 54.0 Å². The molecule has 0 bridgehead atoms. The van der Waals surface area contributed by atoms with Crippen molar-refractivity contribution in [3.63, 3.8) is 0 Å². The number of methoxy groups -OCH3 is 1. The molecule has 2 heterocycles. The monoisotopic (exact) mass is 343 g/mol. The molecule has 1 unspecified atom stereocenters. The Morgan fingerprint density at radius 2 is 2.12 bits per heavy atom. The van der Waals surface area contributed by atoms with Crippen LogP contribution in [-0.4, -0.2) is 34.5 Å². The number of hydrogen-bond acceptors (Lipinski definition) is 6. The number of hydrogen-bond donors (Lipinski definition) is 0. The Balaban J connectivity index is 1.75. The molecule has 0 N–H and O–H groups in total. The zero-order valence-corrected chi connectivity index (χ0v) is 14.2. The predicted octanol–water partition coefficient (Wildman–Crippen LogP) is 3.14. The van der Waals surface area contributed by atoms with E-state index < -0.39 is 0 Å². The Labute approximate surface area is 144 Å². The smallest absolute Gasteiger partial charge is 0.242 e. The fourth-order valence-corrected chi connectivity index (χ4v) is 3.14. The van der Waals surface area contributed by atoms with Gasteiger partial charge in [-0.05, 0) is 36.8 Å². The topological polar surface area (TPSA) is 67.4 Å². The first-order valence-electron chi connectivity index (χ1n) is 7.43. The van der Waals surface area contributed by atoms with Crippen LogP contribution >= 0.6 is 11.8 Å². The van der Waals surface area contributed by atoms with Gasteiger partial charge >= 0.3 is 0 Å². The van der Waals surface area contributed by atoms with Crippen LogP contribution in [0.15, 0.2) is 57.3 Å². The van der Waals surface area contributed by atoms with E-state index in [0.717, 1.165) is 11.3 Å². The first kappa shape index (κ1) is 16.3. The number of nitrogens with zero attached hydrogens (tertiary/aromatic N) is 3. The van der Waals surface area contributed by atoms with Crippen molar-refractivity contribution in [2.24, 2.45) is 10.2 Å². The summed E-state index contributed by atoms with van der Waals surface area (Å²) in [6.45, 7) is 2.32. The second-order valence-corrected chi connectivity index (χ2v) is 6.48. The quantitative estimate of drug-likeness (QED) is 0.618. The third kappa shape index (κ3) is 3.68. The average Bonchev–Trinajstić information content (AvgIpc) is 3.20. The first-order valence-corrected chi connectivity index (χ1v) is 8.31. The van der Waals surface area contributed by atoms with Crippen molar-refractivity contribution in [2.75, 3.05) is 7.11 Å². The molecule has 1 saturated heterocycles. The van der Waals surface area contributed by atoms with Gasteiger partial charge in [0.05, 0.1) is 31.4 Å². The summed E-state index contributed by atoms with van der Waals surface area (Å²) in [5.74, 6) is 1.43. The molecule has 1 atom stereocenters. The standard InChI is InChI=1S/C17H17N3O3S/c1-12-16(21)20(11-13-5-7-14(22-2)8-6-13)17(24-12)19-18-10-15-4-3-9-23-15/h3-10,12H,11H2,1-2H3/b18-10+,19-17-. The summed E-state index contributed by atoms with van der Waals surface area (Å²) in [5, 5.41) is 8.62. The van der Waals surface area contributed by atoms with Gasteiger partial charge in [-0.1, -0.05) is 23.9 Å². The second kappa shape index (κ2) is 7.35. The van der Waals surface area contributed by atoms with Crippen molar-refractivity contribution in [1.82, 2.24) is 4.90 Å². The van der Waals surface area contributed by atoms with Crippen LogP contribution in [0.2, 0.25) is 0 Å². The second-order valence-electron chi connectivity index (χ2n) is 5.18. The van der Waals surface area contributed by atoms with Gasteiger partial charge in [-0.15, -0.1) is 5.10 Å². The number of benzene rings is 1.